The van der Waals surface area contributed by atoms with Gasteiger partial charge < -0.3 is 9.84 Å². The highest BCUT2D eigenvalue weighted by Gasteiger charge is 2.46. The Labute approximate surface area is 113 Å². The molecular weight excluding hydrogens is 240 g/mol. The van der Waals surface area contributed by atoms with Crippen LogP contribution in [0.1, 0.15) is 49.7 Å². The van der Waals surface area contributed by atoms with E-state index in [4.69, 9.17) is 4.74 Å². The fraction of sp³-hybridized carbons (Fsp3) is 0.562. The summed E-state index contributed by atoms with van der Waals surface area (Å²) < 4.78 is 5.56. The van der Waals surface area contributed by atoms with Crippen molar-refractivity contribution >= 4 is 5.97 Å². The lowest BCUT2D eigenvalue weighted by atomic mass is 9.78. The molecule has 0 aromatic heterocycles. The first-order valence-corrected chi connectivity index (χ1v) is 7.03. The van der Waals surface area contributed by atoms with Gasteiger partial charge in [-0.25, -0.2) is 0 Å². The van der Waals surface area contributed by atoms with Crippen LogP contribution in [0.25, 0.3) is 0 Å². The van der Waals surface area contributed by atoms with Crippen LogP contribution in [-0.2, 0) is 20.5 Å². The standard InChI is InChI=1S/C16H20O3/c1-19-16(10-11-16)13-6-4-12(5-7-13)15(14(17)18)8-2-3-9-15/h4-7H,2-3,8-11H2,1H3,(H,17,18). The maximum Gasteiger partial charge on any atom is 0.314 e. The molecule has 1 aromatic carbocycles. The maximum atomic E-state index is 11.6. The van der Waals surface area contributed by atoms with Gasteiger partial charge in [0.05, 0.1) is 11.0 Å². The van der Waals surface area contributed by atoms with E-state index in [1.165, 1.54) is 5.56 Å². The fourth-order valence-corrected chi connectivity index (χ4v) is 3.42. The van der Waals surface area contributed by atoms with Crippen molar-refractivity contribution in [3.8, 4) is 0 Å². The normalized spacial score (nSPS) is 23.2. The van der Waals surface area contributed by atoms with Crippen LogP contribution in [0.2, 0.25) is 0 Å². The number of carbonyl (C=O) groups is 1. The summed E-state index contributed by atoms with van der Waals surface area (Å²) in [7, 11) is 1.75. The van der Waals surface area contributed by atoms with E-state index in [1.54, 1.807) is 7.11 Å². The lowest BCUT2D eigenvalue weighted by Crippen LogP contribution is -2.32. The monoisotopic (exact) mass is 260 g/mol. The summed E-state index contributed by atoms with van der Waals surface area (Å²) in [4.78, 5) is 11.6. The lowest BCUT2D eigenvalue weighted by molar-refractivity contribution is -0.143. The van der Waals surface area contributed by atoms with Crippen LogP contribution in [0.4, 0.5) is 0 Å². The number of methoxy groups -OCH3 is 1. The van der Waals surface area contributed by atoms with Crippen molar-refractivity contribution in [2.45, 2.75) is 49.5 Å². The molecule has 2 saturated carbocycles. The Morgan fingerprint density at radius 3 is 2.00 bits per heavy atom. The molecule has 0 aliphatic heterocycles. The number of carboxylic acid groups (broad SMARTS) is 1. The molecule has 0 bridgehead atoms. The first-order valence-electron chi connectivity index (χ1n) is 7.03. The van der Waals surface area contributed by atoms with Gasteiger partial charge in [-0.15, -0.1) is 0 Å². The van der Waals surface area contributed by atoms with Crippen molar-refractivity contribution in [1.29, 1.82) is 0 Å². The minimum Gasteiger partial charge on any atom is -0.481 e. The average molecular weight is 260 g/mol. The molecule has 3 heteroatoms. The van der Waals surface area contributed by atoms with E-state index in [2.05, 4.69) is 12.1 Å². The van der Waals surface area contributed by atoms with Crippen LogP contribution in [0.5, 0.6) is 0 Å². The second-order valence-corrected chi connectivity index (χ2v) is 5.87. The SMILES string of the molecule is COC1(c2ccc(C3(C(=O)O)CCCC3)cc2)CC1. The van der Waals surface area contributed by atoms with Gasteiger partial charge in [-0.3, -0.25) is 4.79 Å². The second kappa shape index (κ2) is 4.34. The summed E-state index contributed by atoms with van der Waals surface area (Å²) in [5.74, 6) is -0.675. The van der Waals surface area contributed by atoms with Gasteiger partial charge in [0.15, 0.2) is 0 Å². The molecule has 2 aliphatic carbocycles. The smallest absolute Gasteiger partial charge is 0.314 e. The van der Waals surface area contributed by atoms with E-state index in [9.17, 15) is 9.90 Å². The molecule has 2 aliphatic rings. The Morgan fingerprint density at radius 2 is 1.58 bits per heavy atom. The summed E-state index contributed by atoms with van der Waals surface area (Å²) in [5, 5.41) is 9.58. The highest BCUT2D eigenvalue weighted by atomic mass is 16.5. The van der Waals surface area contributed by atoms with Crippen molar-refractivity contribution in [2.24, 2.45) is 0 Å². The Kier molecular flexibility index (Phi) is 2.90. The molecule has 0 atom stereocenters. The Hall–Kier alpha value is -1.35. The minimum atomic E-state index is -0.675. The number of hydrogen-bond acceptors (Lipinski definition) is 2. The lowest BCUT2D eigenvalue weighted by Gasteiger charge is -2.25. The van der Waals surface area contributed by atoms with Gasteiger partial charge >= 0.3 is 5.97 Å². The minimum absolute atomic E-state index is 0.0927. The van der Waals surface area contributed by atoms with Crippen molar-refractivity contribution in [2.75, 3.05) is 7.11 Å². The summed E-state index contributed by atoms with van der Waals surface area (Å²) >= 11 is 0. The predicted molar refractivity (Wildman–Crippen MR) is 72.1 cm³/mol. The van der Waals surface area contributed by atoms with E-state index in [0.717, 1.165) is 44.1 Å². The molecule has 0 heterocycles. The Morgan fingerprint density at radius 1 is 1.05 bits per heavy atom. The number of ether oxygens (including phenoxy) is 1. The van der Waals surface area contributed by atoms with Crippen molar-refractivity contribution in [3.05, 3.63) is 35.4 Å². The molecule has 3 nitrogen and oxygen atoms in total. The first kappa shape index (κ1) is 12.7. The summed E-state index contributed by atoms with van der Waals surface area (Å²) in [6.45, 7) is 0. The van der Waals surface area contributed by atoms with Gasteiger partial charge in [0.2, 0.25) is 0 Å². The summed E-state index contributed by atoms with van der Waals surface area (Å²) in [6, 6.07) is 8.09. The third kappa shape index (κ3) is 1.88. The molecule has 3 rings (SSSR count). The van der Waals surface area contributed by atoms with Gasteiger partial charge in [0.1, 0.15) is 0 Å². The Balaban J connectivity index is 1.92. The zero-order valence-electron chi connectivity index (χ0n) is 11.3. The molecule has 1 aromatic rings. The molecule has 102 valence electrons. The molecule has 0 saturated heterocycles. The molecule has 0 spiro atoms. The van der Waals surface area contributed by atoms with Crippen LogP contribution < -0.4 is 0 Å². The highest BCUT2D eigenvalue weighted by Crippen LogP contribution is 2.49. The fourth-order valence-electron chi connectivity index (χ4n) is 3.42. The average Bonchev–Trinajstić information content (AvgIpc) is 3.07. The van der Waals surface area contributed by atoms with Gasteiger partial charge in [0.25, 0.3) is 0 Å². The predicted octanol–water partition coefficient (Wildman–Crippen LogP) is 3.22. The van der Waals surface area contributed by atoms with Crippen LogP contribution in [0.3, 0.4) is 0 Å². The van der Waals surface area contributed by atoms with Crippen LogP contribution >= 0.6 is 0 Å². The van der Waals surface area contributed by atoms with Gasteiger partial charge in [-0.2, -0.15) is 0 Å². The van der Waals surface area contributed by atoms with Crippen LogP contribution in [0, 0.1) is 0 Å². The molecule has 0 amide bonds. The van der Waals surface area contributed by atoms with Crippen LogP contribution in [0.15, 0.2) is 24.3 Å². The number of hydrogen-bond donors (Lipinski definition) is 1. The number of aliphatic carboxylic acids is 1. The zero-order chi connectivity index (χ0) is 13.5. The molecule has 1 N–H and O–H groups in total. The van der Waals surface area contributed by atoms with E-state index in [0.29, 0.717) is 0 Å². The topological polar surface area (TPSA) is 46.5 Å². The van der Waals surface area contributed by atoms with E-state index < -0.39 is 11.4 Å². The quantitative estimate of drug-likeness (QED) is 0.904. The molecule has 2 fully saturated rings. The Bertz CT molecular complexity index is 479. The zero-order valence-corrected chi connectivity index (χ0v) is 11.3. The van der Waals surface area contributed by atoms with Gasteiger partial charge in [0, 0.05) is 7.11 Å². The highest BCUT2D eigenvalue weighted by molar-refractivity contribution is 5.81. The van der Waals surface area contributed by atoms with E-state index >= 15 is 0 Å². The van der Waals surface area contributed by atoms with Crippen molar-refractivity contribution in [1.82, 2.24) is 0 Å². The van der Waals surface area contributed by atoms with Crippen molar-refractivity contribution < 1.29 is 14.6 Å². The molecule has 0 radical (unpaired) electrons. The molecule has 0 unspecified atom stereocenters. The largest absolute Gasteiger partial charge is 0.481 e. The number of carboxylic acids is 1. The third-order valence-electron chi connectivity index (χ3n) is 4.92. The van der Waals surface area contributed by atoms with E-state index in [1.807, 2.05) is 12.1 Å². The van der Waals surface area contributed by atoms with Crippen LogP contribution in [-0.4, -0.2) is 18.2 Å². The van der Waals surface area contributed by atoms with Crippen molar-refractivity contribution in [3.63, 3.8) is 0 Å². The molecular formula is C16H20O3. The summed E-state index contributed by atoms with van der Waals surface area (Å²) in [6.07, 6.45) is 5.67. The maximum absolute atomic E-state index is 11.6. The number of rotatable bonds is 4. The van der Waals surface area contributed by atoms with E-state index in [-0.39, 0.29) is 5.60 Å². The third-order valence-corrected chi connectivity index (χ3v) is 4.92. The first-order chi connectivity index (χ1) is 9.13. The molecule has 19 heavy (non-hydrogen) atoms. The van der Waals surface area contributed by atoms with Gasteiger partial charge in [-0.1, -0.05) is 37.1 Å². The second-order valence-electron chi connectivity index (χ2n) is 5.87. The number of benzene rings is 1. The van der Waals surface area contributed by atoms with Gasteiger partial charge in [-0.05, 0) is 36.8 Å². The summed E-state index contributed by atoms with van der Waals surface area (Å²) in [5.41, 5.74) is 1.39.